The van der Waals surface area contributed by atoms with Gasteiger partial charge >= 0.3 is 0 Å². The van der Waals surface area contributed by atoms with Gasteiger partial charge in [-0.25, -0.2) is 0 Å². The number of nitrogens with zero attached hydrogens (tertiary/aromatic N) is 1. The third-order valence-electron chi connectivity index (χ3n) is 2.04. The molecule has 0 saturated carbocycles. The Morgan fingerprint density at radius 3 is 2.77 bits per heavy atom. The average molecular weight is 175 g/mol. The highest BCUT2D eigenvalue weighted by atomic mass is 16.3. The van der Waals surface area contributed by atoms with Gasteiger partial charge in [-0.05, 0) is 24.5 Å². The summed E-state index contributed by atoms with van der Waals surface area (Å²) < 4.78 is 0. The lowest BCUT2D eigenvalue weighted by Crippen LogP contribution is -2.09. The van der Waals surface area contributed by atoms with E-state index in [2.05, 4.69) is 0 Å². The van der Waals surface area contributed by atoms with E-state index in [1.807, 2.05) is 37.3 Å². The molecule has 13 heavy (non-hydrogen) atoms. The van der Waals surface area contributed by atoms with Gasteiger partial charge in [0.1, 0.15) is 0 Å². The molecule has 0 aliphatic rings. The van der Waals surface area contributed by atoms with E-state index in [0.29, 0.717) is 6.42 Å². The Balaban J connectivity index is 2.64. The highest BCUT2D eigenvalue weighted by molar-refractivity contribution is 5.26. The molecule has 1 aromatic carbocycles. The van der Waals surface area contributed by atoms with Crippen molar-refractivity contribution in [2.45, 2.75) is 25.9 Å². The zero-order valence-corrected chi connectivity index (χ0v) is 7.70. The molecule has 0 aliphatic carbocycles. The number of hydrogen-bond donors (Lipinski definition) is 1. The predicted molar refractivity (Wildman–Crippen MR) is 51.1 cm³/mol. The number of rotatable bonds is 3. The summed E-state index contributed by atoms with van der Waals surface area (Å²) in [6.45, 7) is 2.01. The second-order valence-corrected chi connectivity index (χ2v) is 3.15. The van der Waals surface area contributed by atoms with Gasteiger partial charge in [0.05, 0.1) is 18.6 Å². The Kier molecular flexibility index (Phi) is 3.48. The Bertz CT molecular complexity index is 314. The van der Waals surface area contributed by atoms with Crippen LogP contribution in [0.1, 0.15) is 17.5 Å². The van der Waals surface area contributed by atoms with Crippen molar-refractivity contribution in [3.05, 3.63) is 35.4 Å². The first-order chi connectivity index (χ1) is 6.24. The highest BCUT2D eigenvalue weighted by Crippen LogP contribution is 2.10. The fraction of sp³-hybridized carbons (Fsp3) is 0.364. The molecule has 68 valence electrons. The maximum absolute atomic E-state index is 9.40. The van der Waals surface area contributed by atoms with Crippen LogP contribution in [0.5, 0.6) is 0 Å². The molecular formula is C11H13NO. The van der Waals surface area contributed by atoms with Crippen LogP contribution in [0.15, 0.2) is 24.3 Å². The number of hydrogen-bond acceptors (Lipinski definition) is 2. The van der Waals surface area contributed by atoms with Gasteiger partial charge < -0.3 is 5.11 Å². The van der Waals surface area contributed by atoms with Crippen LogP contribution in [0, 0.1) is 18.3 Å². The Morgan fingerprint density at radius 2 is 2.15 bits per heavy atom. The van der Waals surface area contributed by atoms with Crippen LogP contribution in [0.4, 0.5) is 0 Å². The standard InChI is InChI=1S/C11H13NO/c1-9-4-2-3-5-10(9)8-11(13)6-7-12/h2-5,11,13H,6,8H2,1H3. The predicted octanol–water partition coefficient (Wildman–Crippen LogP) is 1.81. The summed E-state index contributed by atoms with van der Waals surface area (Å²) in [5.41, 5.74) is 2.28. The SMILES string of the molecule is Cc1ccccc1CC(O)CC#N. The number of nitriles is 1. The van der Waals surface area contributed by atoms with Crippen LogP contribution in [-0.4, -0.2) is 11.2 Å². The first kappa shape index (κ1) is 9.76. The van der Waals surface area contributed by atoms with Crippen LogP contribution >= 0.6 is 0 Å². The fourth-order valence-corrected chi connectivity index (χ4v) is 1.27. The minimum Gasteiger partial charge on any atom is -0.392 e. The third-order valence-corrected chi connectivity index (χ3v) is 2.04. The number of benzene rings is 1. The van der Waals surface area contributed by atoms with Crippen molar-refractivity contribution in [3.63, 3.8) is 0 Å². The Morgan fingerprint density at radius 1 is 1.46 bits per heavy atom. The molecule has 0 bridgehead atoms. The first-order valence-electron chi connectivity index (χ1n) is 4.33. The van der Waals surface area contributed by atoms with E-state index in [1.54, 1.807) is 0 Å². The molecule has 0 saturated heterocycles. The summed E-state index contributed by atoms with van der Waals surface area (Å²) in [6, 6.07) is 9.86. The molecule has 0 heterocycles. The normalized spacial score (nSPS) is 12.1. The molecule has 0 fully saturated rings. The van der Waals surface area contributed by atoms with Gasteiger partial charge in [0.2, 0.25) is 0 Å². The molecule has 0 amide bonds. The zero-order valence-electron chi connectivity index (χ0n) is 7.70. The van der Waals surface area contributed by atoms with Crippen LogP contribution < -0.4 is 0 Å². The van der Waals surface area contributed by atoms with Crippen molar-refractivity contribution in [2.24, 2.45) is 0 Å². The van der Waals surface area contributed by atoms with E-state index in [4.69, 9.17) is 5.26 Å². The number of aliphatic hydroxyl groups is 1. The zero-order chi connectivity index (χ0) is 9.68. The maximum atomic E-state index is 9.40. The monoisotopic (exact) mass is 175 g/mol. The van der Waals surface area contributed by atoms with Crippen LogP contribution in [-0.2, 0) is 6.42 Å². The van der Waals surface area contributed by atoms with Crippen LogP contribution in [0.25, 0.3) is 0 Å². The van der Waals surface area contributed by atoms with Gasteiger partial charge in [-0.3, -0.25) is 0 Å². The molecule has 2 heteroatoms. The molecule has 0 aromatic heterocycles. The quantitative estimate of drug-likeness (QED) is 0.761. The second kappa shape index (κ2) is 4.64. The number of aliphatic hydroxyl groups excluding tert-OH is 1. The smallest absolute Gasteiger partial charge is 0.0710 e. The minimum atomic E-state index is -0.536. The van der Waals surface area contributed by atoms with Gasteiger partial charge in [0, 0.05) is 0 Å². The lowest BCUT2D eigenvalue weighted by Gasteiger charge is -2.08. The van der Waals surface area contributed by atoms with E-state index in [-0.39, 0.29) is 6.42 Å². The fourth-order valence-electron chi connectivity index (χ4n) is 1.27. The van der Waals surface area contributed by atoms with Crippen molar-refractivity contribution < 1.29 is 5.11 Å². The van der Waals surface area contributed by atoms with E-state index >= 15 is 0 Å². The molecule has 1 N–H and O–H groups in total. The van der Waals surface area contributed by atoms with Crippen LogP contribution in [0.3, 0.4) is 0 Å². The van der Waals surface area contributed by atoms with Crippen LogP contribution in [0.2, 0.25) is 0 Å². The summed E-state index contributed by atoms with van der Waals surface area (Å²) in [4.78, 5) is 0. The van der Waals surface area contributed by atoms with E-state index in [9.17, 15) is 5.11 Å². The van der Waals surface area contributed by atoms with E-state index in [1.165, 1.54) is 5.56 Å². The molecule has 1 unspecified atom stereocenters. The largest absolute Gasteiger partial charge is 0.392 e. The molecule has 1 aromatic rings. The Labute approximate surface area is 78.4 Å². The summed E-state index contributed by atoms with van der Waals surface area (Å²) in [5, 5.41) is 17.8. The second-order valence-electron chi connectivity index (χ2n) is 3.15. The maximum Gasteiger partial charge on any atom is 0.0710 e. The van der Waals surface area contributed by atoms with Gasteiger partial charge in [-0.15, -0.1) is 0 Å². The Hall–Kier alpha value is -1.33. The lowest BCUT2D eigenvalue weighted by molar-refractivity contribution is 0.180. The van der Waals surface area contributed by atoms with Gasteiger partial charge in [-0.1, -0.05) is 24.3 Å². The van der Waals surface area contributed by atoms with Crippen molar-refractivity contribution in [2.75, 3.05) is 0 Å². The molecule has 1 rings (SSSR count). The lowest BCUT2D eigenvalue weighted by atomic mass is 10.0. The topological polar surface area (TPSA) is 44.0 Å². The van der Waals surface area contributed by atoms with Crippen molar-refractivity contribution in [1.29, 1.82) is 5.26 Å². The molecule has 0 radical (unpaired) electrons. The van der Waals surface area contributed by atoms with E-state index in [0.717, 1.165) is 5.56 Å². The van der Waals surface area contributed by atoms with Crippen molar-refractivity contribution in [1.82, 2.24) is 0 Å². The third kappa shape index (κ3) is 2.89. The minimum absolute atomic E-state index is 0.203. The first-order valence-corrected chi connectivity index (χ1v) is 4.33. The molecular weight excluding hydrogens is 162 g/mol. The summed E-state index contributed by atoms with van der Waals surface area (Å²) in [6.07, 6.45) is 0.236. The van der Waals surface area contributed by atoms with Crippen molar-refractivity contribution in [3.8, 4) is 6.07 Å². The van der Waals surface area contributed by atoms with Crippen molar-refractivity contribution >= 4 is 0 Å². The summed E-state index contributed by atoms with van der Waals surface area (Å²) in [5.74, 6) is 0. The number of aryl methyl sites for hydroxylation is 1. The molecule has 2 nitrogen and oxygen atoms in total. The summed E-state index contributed by atoms with van der Waals surface area (Å²) in [7, 11) is 0. The highest BCUT2D eigenvalue weighted by Gasteiger charge is 2.05. The van der Waals surface area contributed by atoms with Gasteiger partial charge in [-0.2, -0.15) is 5.26 Å². The van der Waals surface area contributed by atoms with Gasteiger partial charge in [0.15, 0.2) is 0 Å². The molecule has 1 atom stereocenters. The molecule has 0 aliphatic heterocycles. The summed E-state index contributed by atoms with van der Waals surface area (Å²) >= 11 is 0. The van der Waals surface area contributed by atoms with Gasteiger partial charge in [0.25, 0.3) is 0 Å². The average Bonchev–Trinajstić information content (AvgIpc) is 2.09. The molecule has 0 spiro atoms. The van der Waals surface area contributed by atoms with E-state index < -0.39 is 6.10 Å².